The third kappa shape index (κ3) is 4.02. The maximum absolute atomic E-state index is 12.4. The van der Waals surface area contributed by atoms with Crippen LogP contribution in [0.25, 0.3) is 0 Å². The van der Waals surface area contributed by atoms with E-state index in [1.807, 2.05) is 6.92 Å². The highest BCUT2D eigenvalue weighted by Gasteiger charge is 2.35. The van der Waals surface area contributed by atoms with Gasteiger partial charge in [-0.2, -0.15) is 0 Å². The van der Waals surface area contributed by atoms with E-state index >= 15 is 0 Å². The van der Waals surface area contributed by atoms with Crippen molar-refractivity contribution < 1.29 is 9.59 Å². The highest BCUT2D eigenvalue weighted by Crippen LogP contribution is 2.22. The molecule has 3 atom stereocenters. The van der Waals surface area contributed by atoms with Gasteiger partial charge < -0.3 is 15.5 Å². The number of amides is 2. The summed E-state index contributed by atoms with van der Waals surface area (Å²) in [5, 5.41) is 6.46. The summed E-state index contributed by atoms with van der Waals surface area (Å²) in [5.41, 5.74) is 0. The molecule has 2 amide bonds. The van der Waals surface area contributed by atoms with Crippen LogP contribution in [0.15, 0.2) is 0 Å². The molecule has 2 fully saturated rings. The molecule has 2 heterocycles. The van der Waals surface area contributed by atoms with E-state index in [0.29, 0.717) is 18.2 Å². The third-order valence-corrected chi connectivity index (χ3v) is 4.93. The van der Waals surface area contributed by atoms with Crippen molar-refractivity contribution in [2.24, 2.45) is 5.92 Å². The number of carbonyl (C=O) groups is 2. The zero-order valence-electron chi connectivity index (χ0n) is 12.1. The number of rotatable bonds is 3. The van der Waals surface area contributed by atoms with E-state index in [2.05, 4.69) is 17.6 Å². The van der Waals surface area contributed by atoms with Gasteiger partial charge in [-0.15, -0.1) is 24.2 Å². The second-order valence-corrected chi connectivity index (χ2v) is 6.32. The van der Waals surface area contributed by atoms with E-state index in [-0.39, 0.29) is 36.3 Å². The lowest BCUT2D eigenvalue weighted by Crippen LogP contribution is -2.54. The predicted molar refractivity (Wildman–Crippen MR) is 84.1 cm³/mol. The molecule has 2 aliphatic heterocycles. The number of nitrogens with zero attached hydrogens (tertiary/aromatic N) is 1. The second-order valence-electron chi connectivity index (χ2n) is 5.32. The summed E-state index contributed by atoms with van der Waals surface area (Å²) in [6.07, 6.45) is 1.43. The van der Waals surface area contributed by atoms with Crippen LogP contribution in [0.2, 0.25) is 0 Å². The molecule has 2 aliphatic rings. The minimum absolute atomic E-state index is 0. The van der Waals surface area contributed by atoms with E-state index in [4.69, 9.17) is 0 Å². The zero-order valence-corrected chi connectivity index (χ0v) is 13.7. The first kappa shape index (κ1) is 17.6. The minimum Gasteiger partial charge on any atom is -0.351 e. The quantitative estimate of drug-likeness (QED) is 0.808. The summed E-state index contributed by atoms with van der Waals surface area (Å²) < 4.78 is 0. The van der Waals surface area contributed by atoms with E-state index in [0.717, 1.165) is 25.3 Å². The number of hydrogen-bond donors (Lipinski definition) is 2. The number of carbonyl (C=O) groups excluding carboxylic acids is 2. The summed E-state index contributed by atoms with van der Waals surface area (Å²) in [6.45, 7) is 5.89. The first-order chi connectivity index (χ1) is 9.13. The van der Waals surface area contributed by atoms with Gasteiger partial charge in [0.05, 0.1) is 5.88 Å². The van der Waals surface area contributed by atoms with Crippen LogP contribution >= 0.6 is 24.2 Å². The number of hydrogen-bond acceptors (Lipinski definition) is 4. The van der Waals surface area contributed by atoms with Crippen molar-refractivity contribution in [2.75, 3.05) is 24.7 Å². The SMILES string of the molecule is CCC(=O)N1CSCC1C(=O)NC1CCNCC1C.Cl. The van der Waals surface area contributed by atoms with Crippen molar-refractivity contribution >= 4 is 36.0 Å². The fraction of sp³-hybridized carbons (Fsp3) is 0.846. The van der Waals surface area contributed by atoms with Gasteiger partial charge in [-0.3, -0.25) is 9.59 Å². The molecule has 20 heavy (non-hydrogen) atoms. The Hall–Kier alpha value is -0.460. The van der Waals surface area contributed by atoms with Gasteiger partial charge in [0.1, 0.15) is 6.04 Å². The van der Waals surface area contributed by atoms with Crippen LogP contribution in [0.1, 0.15) is 26.7 Å². The van der Waals surface area contributed by atoms with Crippen LogP contribution in [0.5, 0.6) is 0 Å². The van der Waals surface area contributed by atoms with Gasteiger partial charge in [0.2, 0.25) is 11.8 Å². The van der Waals surface area contributed by atoms with Gasteiger partial charge in [-0.25, -0.2) is 0 Å². The third-order valence-electron chi connectivity index (χ3n) is 3.92. The highest BCUT2D eigenvalue weighted by molar-refractivity contribution is 7.99. The zero-order chi connectivity index (χ0) is 13.8. The standard InChI is InChI=1S/C13H23N3O2S.ClH/c1-3-12(17)16-8-19-7-11(16)13(18)15-10-4-5-14-6-9(10)2;/h9-11,14H,3-8H2,1-2H3,(H,15,18);1H. The lowest BCUT2D eigenvalue weighted by molar-refractivity contribution is -0.138. The number of halogens is 1. The molecule has 0 saturated carbocycles. The number of nitrogens with one attached hydrogen (secondary N) is 2. The summed E-state index contributed by atoms with van der Waals surface area (Å²) in [4.78, 5) is 25.9. The molecule has 0 radical (unpaired) electrons. The molecule has 0 aromatic rings. The summed E-state index contributed by atoms with van der Waals surface area (Å²) in [5.74, 6) is 1.90. The average molecular weight is 322 g/mol. The molecule has 0 bridgehead atoms. The van der Waals surface area contributed by atoms with Crippen molar-refractivity contribution in [2.45, 2.75) is 38.8 Å². The Kier molecular flexibility index (Phi) is 7.12. The average Bonchev–Trinajstić information content (AvgIpc) is 2.90. The van der Waals surface area contributed by atoms with Gasteiger partial charge in [-0.1, -0.05) is 13.8 Å². The van der Waals surface area contributed by atoms with Crippen LogP contribution in [-0.2, 0) is 9.59 Å². The maximum Gasteiger partial charge on any atom is 0.243 e. The second kappa shape index (κ2) is 8.10. The van der Waals surface area contributed by atoms with Crippen molar-refractivity contribution in [3.63, 3.8) is 0 Å². The minimum atomic E-state index is -0.278. The molecule has 116 valence electrons. The molecule has 2 saturated heterocycles. The molecule has 2 rings (SSSR count). The molecular formula is C13H24ClN3O2S. The smallest absolute Gasteiger partial charge is 0.243 e. The Balaban J connectivity index is 0.00000200. The Labute approximate surface area is 131 Å². The molecule has 0 aromatic heterocycles. The van der Waals surface area contributed by atoms with Crippen molar-refractivity contribution in [3.05, 3.63) is 0 Å². The monoisotopic (exact) mass is 321 g/mol. The van der Waals surface area contributed by atoms with Crippen LogP contribution in [0.4, 0.5) is 0 Å². The molecule has 7 heteroatoms. The highest BCUT2D eigenvalue weighted by atomic mass is 35.5. The molecule has 5 nitrogen and oxygen atoms in total. The first-order valence-electron chi connectivity index (χ1n) is 7.01. The van der Waals surface area contributed by atoms with Crippen LogP contribution in [0.3, 0.4) is 0 Å². The van der Waals surface area contributed by atoms with Crippen LogP contribution < -0.4 is 10.6 Å². The van der Waals surface area contributed by atoms with Crippen molar-refractivity contribution in [3.8, 4) is 0 Å². The van der Waals surface area contributed by atoms with Crippen LogP contribution in [-0.4, -0.2) is 53.5 Å². The fourth-order valence-electron chi connectivity index (χ4n) is 2.62. The normalized spacial score (nSPS) is 29.7. The lowest BCUT2D eigenvalue weighted by atomic mass is 9.95. The lowest BCUT2D eigenvalue weighted by Gasteiger charge is -2.32. The van der Waals surface area contributed by atoms with Gasteiger partial charge >= 0.3 is 0 Å². The topological polar surface area (TPSA) is 61.4 Å². The summed E-state index contributed by atoms with van der Waals surface area (Å²) >= 11 is 1.66. The van der Waals surface area contributed by atoms with Gasteiger partial charge in [0, 0.05) is 18.2 Å². The van der Waals surface area contributed by atoms with Gasteiger partial charge in [-0.05, 0) is 25.4 Å². The fourth-order valence-corrected chi connectivity index (χ4v) is 3.80. The molecular weight excluding hydrogens is 298 g/mol. The molecule has 2 N–H and O–H groups in total. The van der Waals surface area contributed by atoms with E-state index in [9.17, 15) is 9.59 Å². The molecule has 0 aliphatic carbocycles. The summed E-state index contributed by atoms with van der Waals surface area (Å²) in [7, 11) is 0. The molecule has 0 aromatic carbocycles. The number of thioether (sulfide) groups is 1. The van der Waals surface area contributed by atoms with Gasteiger partial charge in [0.25, 0.3) is 0 Å². The summed E-state index contributed by atoms with van der Waals surface area (Å²) in [6, 6.07) is -0.0440. The van der Waals surface area contributed by atoms with Gasteiger partial charge in [0.15, 0.2) is 0 Å². The molecule has 3 unspecified atom stereocenters. The number of piperidine rings is 1. The first-order valence-corrected chi connectivity index (χ1v) is 8.17. The maximum atomic E-state index is 12.4. The Morgan fingerprint density at radius 1 is 1.45 bits per heavy atom. The van der Waals surface area contributed by atoms with E-state index in [1.165, 1.54) is 0 Å². The van der Waals surface area contributed by atoms with E-state index < -0.39 is 0 Å². The Bertz CT molecular complexity index is 357. The van der Waals surface area contributed by atoms with E-state index in [1.54, 1.807) is 16.7 Å². The van der Waals surface area contributed by atoms with Crippen molar-refractivity contribution in [1.82, 2.24) is 15.5 Å². The Morgan fingerprint density at radius 2 is 2.20 bits per heavy atom. The predicted octanol–water partition coefficient (Wildman–Crippen LogP) is 0.834. The van der Waals surface area contributed by atoms with Crippen molar-refractivity contribution in [1.29, 1.82) is 0 Å². The molecule has 0 spiro atoms. The largest absolute Gasteiger partial charge is 0.351 e. The van der Waals surface area contributed by atoms with Crippen LogP contribution in [0, 0.1) is 5.92 Å². The Morgan fingerprint density at radius 3 is 2.85 bits per heavy atom.